The summed E-state index contributed by atoms with van der Waals surface area (Å²) < 4.78 is 42.3. The van der Waals surface area contributed by atoms with Crippen LogP contribution in [0.3, 0.4) is 0 Å². The molecule has 8 rings (SSSR count). The Balaban J connectivity index is 0.776. The van der Waals surface area contributed by atoms with Crippen LogP contribution in [0, 0.1) is 29.6 Å². The van der Waals surface area contributed by atoms with Gasteiger partial charge in [0.05, 0.1) is 79.6 Å². The molecule has 14 heteroatoms. The van der Waals surface area contributed by atoms with Crippen LogP contribution in [0.5, 0.6) is 0 Å². The number of carbonyl (C=O) groups excluding carboxylic acids is 2. The van der Waals surface area contributed by atoms with Crippen LogP contribution in [0.15, 0.2) is 0 Å². The predicted molar refractivity (Wildman–Crippen MR) is 261 cm³/mol. The van der Waals surface area contributed by atoms with Gasteiger partial charge in [0.1, 0.15) is 0 Å². The van der Waals surface area contributed by atoms with E-state index in [0.29, 0.717) is 50.7 Å². The number of carboxylic acid groups (broad SMARTS) is 2. The molecule has 8 saturated carbocycles. The highest BCUT2D eigenvalue weighted by molar-refractivity contribution is 7.66. The first kappa shape index (κ1) is 52.3. The number of carbonyl (C=O) groups is 4. The fourth-order valence-corrected chi connectivity index (χ4v) is 20.0. The average molecular weight is 973 g/mol. The smallest absolute Gasteiger partial charge is 0.307 e. The molecule has 8 fully saturated rings. The molecule has 4 N–H and O–H groups in total. The van der Waals surface area contributed by atoms with Gasteiger partial charge >= 0.3 is 11.9 Å². The highest BCUT2D eigenvalue weighted by atomic mass is 31.2. The van der Waals surface area contributed by atoms with Crippen LogP contribution in [0.1, 0.15) is 206 Å². The molecule has 8 aliphatic rings. The zero-order valence-corrected chi connectivity index (χ0v) is 42.6. The molecule has 0 aliphatic heterocycles. The van der Waals surface area contributed by atoms with E-state index in [-0.39, 0.29) is 71.5 Å². The van der Waals surface area contributed by atoms with E-state index in [1.165, 1.54) is 32.1 Å². The van der Waals surface area contributed by atoms with Crippen LogP contribution < -0.4 is 10.6 Å². The van der Waals surface area contributed by atoms with Crippen LogP contribution in [-0.2, 0) is 42.7 Å². The average Bonchev–Trinajstić information content (AvgIpc) is 3.36. The van der Waals surface area contributed by atoms with E-state index in [0.717, 1.165) is 134 Å². The van der Waals surface area contributed by atoms with E-state index in [2.05, 4.69) is 17.6 Å². The number of aliphatic carboxylic acids is 2. The van der Waals surface area contributed by atoms with E-state index in [4.69, 9.17) is 18.9 Å². The Morgan fingerprint density at radius 3 is 1.16 bits per heavy atom. The summed E-state index contributed by atoms with van der Waals surface area (Å²) in [6.45, 7) is 2.35. The van der Waals surface area contributed by atoms with Gasteiger partial charge in [0.15, 0.2) is 0 Å². The lowest BCUT2D eigenvalue weighted by atomic mass is 9.76. The Bertz CT molecular complexity index is 1690. The summed E-state index contributed by atoms with van der Waals surface area (Å²) in [4.78, 5) is 50.9. The highest BCUT2D eigenvalue weighted by Gasteiger charge is 2.50. The van der Waals surface area contributed by atoms with Gasteiger partial charge in [0.25, 0.3) is 0 Å². The largest absolute Gasteiger partial charge is 0.481 e. The molecule has 0 spiro atoms. The van der Waals surface area contributed by atoms with Crippen molar-refractivity contribution in [2.75, 3.05) is 7.05 Å². The van der Waals surface area contributed by atoms with Gasteiger partial charge in [0.2, 0.25) is 11.8 Å². The second-order valence-electron chi connectivity index (χ2n) is 23.3. The molecule has 386 valence electrons. The zero-order chi connectivity index (χ0) is 47.8. The maximum Gasteiger partial charge on any atom is 0.307 e. The maximum absolute atomic E-state index is 15.8. The monoisotopic (exact) mass is 973 g/mol. The minimum absolute atomic E-state index is 0.0266. The number of carboxylic acids is 2. The van der Waals surface area contributed by atoms with Crippen molar-refractivity contribution in [2.45, 2.75) is 278 Å². The molecular formula is C54H89N2O11P. The highest BCUT2D eigenvalue weighted by Crippen LogP contribution is 2.68. The Kier molecular flexibility index (Phi) is 18.9. The second-order valence-corrected chi connectivity index (χ2v) is 27.0. The number of nitrogens with one attached hydrogen (secondary N) is 2. The second kappa shape index (κ2) is 24.6. The molecule has 7 atom stereocenters. The summed E-state index contributed by atoms with van der Waals surface area (Å²) in [7, 11) is -1.01. The summed E-state index contributed by atoms with van der Waals surface area (Å²) >= 11 is 0. The first-order valence-electron chi connectivity index (χ1n) is 28.0. The lowest BCUT2D eigenvalue weighted by Crippen LogP contribution is -2.48. The first-order chi connectivity index (χ1) is 32.9. The van der Waals surface area contributed by atoms with Crippen LogP contribution in [0.2, 0.25) is 0 Å². The van der Waals surface area contributed by atoms with Gasteiger partial charge in [-0.3, -0.25) is 19.2 Å². The van der Waals surface area contributed by atoms with Gasteiger partial charge in [-0.25, -0.2) is 0 Å². The fourth-order valence-electron chi connectivity index (χ4n) is 14.8. The molecule has 0 bridgehead atoms. The molecule has 0 aromatic heterocycles. The van der Waals surface area contributed by atoms with Gasteiger partial charge < -0.3 is 44.4 Å². The van der Waals surface area contributed by atoms with E-state index in [1.54, 1.807) is 7.05 Å². The van der Waals surface area contributed by atoms with Gasteiger partial charge in [-0.05, 0) is 186 Å². The number of ether oxygens (including phenoxy) is 4. The Morgan fingerprint density at radius 2 is 0.750 bits per heavy atom. The first-order valence-corrected chi connectivity index (χ1v) is 30.0. The standard InChI is InChI=1S/C54H89N2O11P/c1-34-8-12-36(13-9-34)64-38-16-18-39(19-17-38)65-37-14-10-35(11-15-37)56-52(58)50-33-43(25-31-48(50)54(61)62)67-41-22-28-46(29-23-41)68(63,44-6-4-3-5-7-44)45-26-20-40(21-27-45)66-42-24-30-47(53(59)60)49(32-42)51(57)55-2/h34-50H,3-33H2,1-2H3,(H,55,57)(H,56,58)(H,59,60)(H,61,62). The molecule has 0 saturated heterocycles. The van der Waals surface area contributed by atoms with Crippen molar-refractivity contribution in [1.82, 2.24) is 10.6 Å². The molecule has 0 radical (unpaired) electrons. The molecule has 68 heavy (non-hydrogen) atoms. The number of hydrogen-bond acceptors (Lipinski definition) is 9. The van der Waals surface area contributed by atoms with E-state index in [1.807, 2.05) is 0 Å². The third-order valence-electron chi connectivity index (χ3n) is 18.9. The molecule has 13 nitrogen and oxygen atoms in total. The summed E-state index contributed by atoms with van der Waals surface area (Å²) in [5, 5.41) is 25.9. The predicted octanol–water partition coefficient (Wildman–Crippen LogP) is 10.2. The minimum Gasteiger partial charge on any atom is -0.481 e. The molecule has 2 amide bonds. The lowest BCUT2D eigenvalue weighted by Gasteiger charge is -2.46. The van der Waals surface area contributed by atoms with Gasteiger partial charge in [0, 0.05) is 30.1 Å². The number of rotatable bonds is 16. The van der Waals surface area contributed by atoms with Gasteiger partial charge in [-0.2, -0.15) is 0 Å². The number of hydrogen-bond donors (Lipinski definition) is 4. The minimum atomic E-state index is -2.57. The third-order valence-corrected chi connectivity index (χ3v) is 23.9. The number of amides is 2. The molecule has 8 aliphatic carbocycles. The Morgan fingerprint density at radius 1 is 0.412 bits per heavy atom. The topological polar surface area (TPSA) is 187 Å². The van der Waals surface area contributed by atoms with Crippen LogP contribution >= 0.6 is 7.14 Å². The van der Waals surface area contributed by atoms with Crippen LogP contribution in [-0.4, -0.2) is 113 Å². The SMILES string of the molecule is CNC(=O)C1CC(OC2CCC(P(=O)(C3CCCCC3)C3CCC(OC4CCC(C(=O)O)C(C(=O)NC5CCC(OC6CCC(OC7CCC(C)CC7)CC6)CC5)C4)CC3)CC2)CCC1C(=O)O. The summed E-state index contributed by atoms with van der Waals surface area (Å²) in [5.74, 6) is -3.94. The summed E-state index contributed by atoms with van der Waals surface area (Å²) in [5.41, 5.74) is 0.677. The normalized spacial score (nSPS) is 40.9. The van der Waals surface area contributed by atoms with Crippen LogP contribution in [0.25, 0.3) is 0 Å². The molecule has 0 heterocycles. The Labute approximate surface area is 407 Å². The van der Waals surface area contributed by atoms with Crippen molar-refractivity contribution in [3.63, 3.8) is 0 Å². The molecular weight excluding hydrogens is 884 g/mol. The van der Waals surface area contributed by atoms with Crippen LogP contribution in [0.4, 0.5) is 0 Å². The van der Waals surface area contributed by atoms with Crippen molar-refractivity contribution in [3.05, 3.63) is 0 Å². The van der Waals surface area contributed by atoms with E-state index >= 15 is 4.57 Å². The van der Waals surface area contributed by atoms with Crippen molar-refractivity contribution >= 4 is 30.9 Å². The molecule has 0 aromatic carbocycles. The zero-order valence-electron chi connectivity index (χ0n) is 41.8. The van der Waals surface area contributed by atoms with E-state index < -0.39 is 42.8 Å². The fraction of sp³-hybridized carbons (Fsp3) is 0.926. The molecule has 0 aromatic rings. The van der Waals surface area contributed by atoms with Crippen molar-refractivity contribution < 1.29 is 52.9 Å². The van der Waals surface area contributed by atoms with Gasteiger partial charge in [-0.1, -0.05) is 26.2 Å². The Hall–Kier alpha value is -2.05. The van der Waals surface area contributed by atoms with Crippen molar-refractivity contribution in [2.24, 2.45) is 29.6 Å². The summed E-state index contributed by atoms with van der Waals surface area (Å²) in [6, 6.07) is 0.0339. The van der Waals surface area contributed by atoms with Crippen molar-refractivity contribution in [1.29, 1.82) is 0 Å². The quantitative estimate of drug-likeness (QED) is 0.108. The molecule has 7 unspecified atom stereocenters. The van der Waals surface area contributed by atoms with Gasteiger partial charge in [-0.15, -0.1) is 0 Å². The lowest BCUT2D eigenvalue weighted by molar-refractivity contribution is -0.153. The van der Waals surface area contributed by atoms with Crippen molar-refractivity contribution in [3.8, 4) is 0 Å². The van der Waals surface area contributed by atoms with E-state index in [9.17, 15) is 29.4 Å². The maximum atomic E-state index is 15.8. The summed E-state index contributed by atoms with van der Waals surface area (Å²) in [6.07, 6.45) is 29.4. The third kappa shape index (κ3) is 13.3.